The van der Waals surface area contributed by atoms with Crippen molar-refractivity contribution >= 4 is 23.3 Å². The highest BCUT2D eigenvalue weighted by atomic mass is 16.2. The van der Waals surface area contributed by atoms with Crippen molar-refractivity contribution in [1.29, 1.82) is 0 Å². The number of carbonyl (C=O) groups excluding carboxylic acids is 3. The minimum absolute atomic E-state index is 0.0133. The summed E-state index contributed by atoms with van der Waals surface area (Å²) < 4.78 is 0. The summed E-state index contributed by atoms with van der Waals surface area (Å²) in [6.45, 7) is -0.0246. The molecule has 0 fully saturated rings. The Hall–Kier alpha value is -2.99. The zero-order valence-corrected chi connectivity index (χ0v) is 13.8. The molecule has 2 aromatic rings. The van der Waals surface area contributed by atoms with E-state index in [0.29, 0.717) is 5.69 Å². The summed E-state index contributed by atoms with van der Waals surface area (Å²) in [7, 11) is 0. The summed E-state index contributed by atoms with van der Waals surface area (Å²) in [5, 5.41) is 5.18. The van der Waals surface area contributed by atoms with Crippen LogP contribution in [0.2, 0.25) is 0 Å². The minimum atomic E-state index is -0.452. The van der Waals surface area contributed by atoms with Gasteiger partial charge in [0.05, 0.1) is 13.1 Å². The van der Waals surface area contributed by atoms with Gasteiger partial charge in [0.1, 0.15) is 0 Å². The first-order valence-electron chi connectivity index (χ1n) is 7.98. The third-order valence-electron chi connectivity index (χ3n) is 3.53. The Labute approximate surface area is 146 Å². The maximum absolute atomic E-state index is 11.9. The van der Waals surface area contributed by atoms with Crippen LogP contribution in [0.3, 0.4) is 0 Å². The normalized spacial score (nSPS) is 10.1. The lowest BCUT2D eigenvalue weighted by Gasteiger charge is -2.08. The number of ketones is 2. The number of hydrogen-bond donors (Lipinski definition) is 3. The van der Waals surface area contributed by atoms with E-state index in [1.165, 1.54) is 0 Å². The topological polar surface area (TPSA) is 101 Å². The summed E-state index contributed by atoms with van der Waals surface area (Å²) in [5.41, 5.74) is 7.61. The van der Waals surface area contributed by atoms with Crippen LogP contribution in [0.4, 0.5) is 10.5 Å². The summed E-state index contributed by atoms with van der Waals surface area (Å²) >= 11 is 0. The molecular formula is C19H21N3O3. The summed E-state index contributed by atoms with van der Waals surface area (Å²) in [5.74, 6) is -0.118. The molecule has 0 aliphatic heterocycles. The van der Waals surface area contributed by atoms with Crippen LogP contribution in [0.25, 0.3) is 0 Å². The van der Waals surface area contributed by atoms with Gasteiger partial charge in [-0.2, -0.15) is 0 Å². The van der Waals surface area contributed by atoms with Crippen LogP contribution >= 0.6 is 0 Å². The SMILES string of the molecule is NCC(=O)Cc1ccc(NC(=O)NCC(=O)Cc2ccccc2)cc1. The van der Waals surface area contributed by atoms with Gasteiger partial charge in [0.15, 0.2) is 11.6 Å². The first-order chi connectivity index (χ1) is 12.1. The minimum Gasteiger partial charge on any atom is -0.331 e. The van der Waals surface area contributed by atoms with Crippen LogP contribution in [-0.2, 0) is 22.4 Å². The number of rotatable bonds is 8. The van der Waals surface area contributed by atoms with E-state index in [1.54, 1.807) is 24.3 Å². The molecule has 2 rings (SSSR count). The molecule has 0 saturated heterocycles. The molecule has 2 aromatic carbocycles. The molecule has 0 atom stereocenters. The number of hydrogen-bond acceptors (Lipinski definition) is 4. The number of Topliss-reactive ketones (excluding diaryl/α,β-unsaturated/α-hetero) is 2. The number of nitrogens with one attached hydrogen (secondary N) is 2. The fourth-order valence-electron chi connectivity index (χ4n) is 2.25. The largest absolute Gasteiger partial charge is 0.331 e. The van der Waals surface area contributed by atoms with Gasteiger partial charge in [0.2, 0.25) is 0 Å². The number of nitrogens with two attached hydrogens (primary N) is 1. The van der Waals surface area contributed by atoms with Gasteiger partial charge in [-0.1, -0.05) is 42.5 Å². The molecule has 0 aliphatic carbocycles. The van der Waals surface area contributed by atoms with Crippen LogP contribution in [0.1, 0.15) is 11.1 Å². The molecule has 0 saturated carbocycles. The van der Waals surface area contributed by atoms with Gasteiger partial charge in [-0.3, -0.25) is 9.59 Å². The van der Waals surface area contributed by atoms with E-state index in [0.717, 1.165) is 11.1 Å². The standard InChI is InChI=1S/C19H21N3O3/c20-12-17(23)10-15-6-8-16(9-7-15)22-19(25)21-13-18(24)11-14-4-2-1-3-5-14/h1-9H,10-13,20H2,(H2,21,22,25). The van der Waals surface area contributed by atoms with Gasteiger partial charge in [0, 0.05) is 18.5 Å². The number of anilines is 1. The van der Waals surface area contributed by atoms with Crippen molar-refractivity contribution in [3.63, 3.8) is 0 Å². The van der Waals surface area contributed by atoms with E-state index in [-0.39, 0.29) is 37.5 Å². The number of carbonyl (C=O) groups is 3. The van der Waals surface area contributed by atoms with E-state index in [1.807, 2.05) is 30.3 Å². The first kappa shape index (κ1) is 18.4. The zero-order valence-electron chi connectivity index (χ0n) is 13.8. The molecule has 0 aliphatic rings. The van der Waals surface area contributed by atoms with Gasteiger partial charge in [0.25, 0.3) is 0 Å². The number of benzene rings is 2. The van der Waals surface area contributed by atoms with Gasteiger partial charge < -0.3 is 16.4 Å². The van der Waals surface area contributed by atoms with E-state index >= 15 is 0 Å². The highest BCUT2D eigenvalue weighted by Gasteiger charge is 2.07. The predicted octanol–water partition coefficient (Wildman–Crippen LogP) is 1.69. The van der Waals surface area contributed by atoms with Crippen molar-refractivity contribution in [2.24, 2.45) is 5.73 Å². The highest BCUT2D eigenvalue weighted by molar-refractivity contribution is 5.93. The molecule has 6 nitrogen and oxygen atoms in total. The molecule has 0 aromatic heterocycles. The third kappa shape index (κ3) is 6.56. The summed E-state index contributed by atoms with van der Waals surface area (Å²) in [6, 6.07) is 15.8. The Morgan fingerprint density at radius 2 is 1.40 bits per heavy atom. The van der Waals surface area contributed by atoms with Crippen LogP contribution in [0.15, 0.2) is 54.6 Å². The highest BCUT2D eigenvalue weighted by Crippen LogP contribution is 2.10. The average Bonchev–Trinajstić information content (AvgIpc) is 2.62. The fraction of sp³-hybridized carbons (Fsp3) is 0.211. The van der Waals surface area contributed by atoms with E-state index < -0.39 is 6.03 Å². The van der Waals surface area contributed by atoms with E-state index in [4.69, 9.17) is 5.73 Å². The van der Waals surface area contributed by atoms with Crippen molar-refractivity contribution < 1.29 is 14.4 Å². The molecule has 0 bridgehead atoms. The van der Waals surface area contributed by atoms with Crippen molar-refractivity contribution in [1.82, 2.24) is 5.32 Å². The van der Waals surface area contributed by atoms with Gasteiger partial charge in [-0.25, -0.2) is 4.79 Å². The van der Waals surface area contributed by atoms with Gasteiger partial charge >= 0.3 is 6.03 Å². The molecule has 2 amide bonds. The van der Waals surface area contributed by atoms with Gasteiger partial charge in [-0.15, -0.1) is 0 Å². The molecule has 130 valence electrons. The van der Waals surface area contributed by atoms with Crippen molar-refractivity contribution in [2.45, 2.75) is 12.8 Å². The second-order valence-corrected chi connectivity index (χ2v) is 5.63. The molecule has 0 spiro atoms. The molecule has 25 heavy (non-hydrogen) atoms. The maximum Gasteiger partial charge on any atom is 0.319 e. The fourth-order valence-corrected chi connectivity index (χ4v) is 2.25. The van der Waals surface area contributed by atoms with Crippen molar-refractivity contribution in [3.8, 4) is 0 Å². The second kappa shape index (κ2) is 9.34. The number of urea groups is 1. The lowest BCUT2D eigenvalue weighted by Crippen LogP contribution is -2.33. The Kier molecular flexibility index (Phi) is 6.86. The quantitative estimate of drug-likeness (QED) is 0.681. The molecule has 0 radical (unpaired) electrons. The van der Waals surface area contributed by atoms with Gasteiger partial charge in [-0.05, 0) is 23.3 Å². The Morgan fingerprint density at radius 3 is 2.04 bits per heavy atom. The van der Waals surface area contributed by atoms with Crippen molar-refractivity contribution in [2.75, 3.05) is 18.4 Å². The molecule has 6 heteroatoms. The van der Waals surface area contributed by atoms with E-state index in [2.05, 4.69) is 10.6 Å². The zero-order chi connectivity index (χ0) is 18.1. The molecule has 0 unspecified atom stereocenters. The Morgan fingerprint density at radius 1 is 0.800 bits per heavy atom. The molecular weight excluding hydrogens is 318 g/mol. The summed E-state index contributed by atoms with van der Waals surface area (Å²) in [4.78, 5) is 35.0. The van der Waals surface area contributed by atoms with Crippen LogP contribution < -0.4 is 16.4 Å². The molecule has 0 heterocycles. The predicted molar refractivity (Wildman–Crippen MR) is 96.4 cm³/mol. The Balaban J connectivity index is 1.76. The van der Waals surface area contributed by atoms with Crippen LogP contribution in [-0.4, -0.2) is 30.7 Å². The second-order valence-electron chi connectivity index (χ2n) is 5.63. The maximum atomic E-state index is 11.9. The first-order valence-corrected chi connectivity index (χ1v) is 7.98. The van der Waals surface area contributed by atoms with E-state index in [9.17, 15) is 14.4 Å². The average molecular weight is 339 g/mol. The molecule has 4 N–H and O–H groups in total. The lowest BCUT2D eigenvalue weighted by molar-refractivity contribution is -0.118. The third-order valence-corrected chi connectivity index (χ3v) is 3.53. The lowest BCUT2D eigenvalue weighted by atomic mass is 10.1. The van der Waals surface area contributed by atoms with Crippen molar-refractivity contribution in [3.05, 3.63) is 65.7 Å². The van der Waals surface area contributed by atoms with Crippen LogP contribution in [0.5, 0.6) is 0 Å². The Bertz CT molecular complexity index is 727. The van der Waals surface area contributed by atoms with Crippen LogP contribution in [0, 0.1) is 0 Å². The summed E-state index contributed by atoms with van der Waals surface area (Å²) in [6.07, 6.45) is 0.557. The number of amides is 2. The smallest absolute Gasteiger partial charge is 0.319 e. The monoisotopic (exact) mass is 339 g/mol.